The predicted molar refractivity (Wildman–Crippen MR) is 85.0 cm³/mol. The van der Waals surface area contributed by atoms with Gasteiger partial charge < -0.3 is 10.6 Å². The van der Waals surface area contributed by atoms with Crippen molar-refractivity contribution < 1.29 is 0 Å². The Kier molecular flexibility index (Phi) is 4.14. The van der Waals surface area contributed by atoms with Gasteiger partial charge in [0.25, 0.3) is 0 Å². The van der Waals surface area contributed by atoms with Gasteiger partial charge in [-0.1, -0.05) is 50.6 Å². The van der Waals surface area contributed by atoms with E-state index in [2.05, 4.69) is 47.4 Å². The van der Waals surface area contributed by atoms with Crippen molar-refractivity contribution in [2.24, 2.45) is 0 Å². The maximum Gasteiger partial charge on any atom is 0.224 e. The molecule has 0 atom stereocenters. The summed E-state index contributed by atoms with van der Waals surface area (Å²) in [5.74, 6) is 1.13. The van der Waals surface area contributed by atoms with Gasteiger partial charge >= 0.3 is 0 Å². The maximum atomic E-state index is 6.15. The first-order chi connectivity index (χ1) is 9.41. The van der Waals surface area contributed by atoms with Gasteiger partial charge in [0.05, 0.1) is 6.20 Å². The molecule has 0 saturated carbocycles. The Morgan fingerprint density at radius 3 is 2.50 bits per heavy atom. The summed E-state index contributed by atoms with van der Waals surface area (Å²) < 4.78 is 0. The fourth-order valence-corrected chi connectivity index (χ4v) is 2.09. The van der Waals surface area contributed by atoms with Crippen LogP contribution in [0, 0.1) is 0 Å². The van der Waals surface area contributed by atoms with Crippen LogP contribution in [0.15, 0.2) is 30.5 Å². The summed E-state index contributed by atoms with van der Waals surface area (Å²) in [4.78, 5) is 8.42. The molecule has 0 aliphatic rings. The van der Waals surface area contributed by atoms with E-state index < -0.39 is 0 Å². The third-order valence-electron chi connectivity index (χ3n) is 2.96. The van der Waals surface area contributed by atoms with Gasteiger partial charge in [-0.3, -0.25) is 0 Å². The molecule has 0 radical (unpaired) electrons. The van der Waals surface area contributed by atoms with E-state index in [0.717, 1.165) is 5.69 Å². The highest BCUT2D eigenvalue weighted by molar-refractivity contribution is 6.32. The summed E-state index contributed by atoms with van der Waals surface area (Å²) in [5, 5.41) is 6.70. The normalized spacial score (nSPS) is 11.2. The molecule has 1 aromatic heterocycles. The second-order valence-electron chi connectivity index (χ2n) is 5.56. The Bertz CT molecular complexity index is 605. The highest BCUT2D eigenvalue weighted by Gasteiger charge is 2.18. The lowest BCUT2D eigenvalue weighted by molar-refractivity contribution is 0.592. The van der Waals surface area contributed by atoms with Gasteiger partial charge in [-0.25, -0.2) is 4.98 Å². The number of benzene rings is 1. The monoisotopic (exact) mass is 290 g/mol. The molecule has 0 saturated heterocycles. The van der Waals surface area contributed by atoms with Gasteiger partial charge in [0, 0.05) is 12.7 Å². The molecule has 0 aliphatic heterocycles. The molecule has 0 spiro atoms. The molecule has 20 heavy (non-hydrogen) atoms. The lowest BCUT2D eigenvalue weighted by atomic mass is 9.86. The molecular weight excluding hydrogens is 272 g/mol. The Hall–Kier alpha value is -1.81. The molecule has 106 valence electrons. The van der Waals surface area contributed by atoms with E-state index in [-0.39, 0.29) is 5.41 Å². The second-order valence-corrected chi connectivity index (χ2v) is 5.97. The largest absolute Gasteiger partial charge is 0.357 e. The molecule has 0 unspecified atom stereocenters. The number of nitrogens with one attached hydrogen (secondary N) is 2. The summed E-state index contributed by atoms with van der Waals surface area (Å²) in [6.45, 7) is 6.52. The van der Waals surface area contributed by atoms with Crippen molar-refractivity contribution in [2.45, 2.75) is 26.2 Å². The quantitative estimate of drug-likeness (QED) is 0.889. The number of halogens is 1. The highest BCUT2D eigenvalue weighted by atomic mass is 35.5. The third-order valence-corrected chi connectivity index (χ3v) is 3.23. The molecule has 5 heteroatoms. The topological polar surface area (TPSA) is 49.8 Å². The van der Waals surface area contributed by atoms with Crippen LogP contribution in [0.5, 0.6) is 0 Å². The molecule has 0 aliphatic carbocycles. The van der Waals surface area contributed by atoms with Gasteiger partial charge in [0.15, 0.2) is 5.82 Å². The molecule has 2 rings (SSSR count). The summed E-state index contributed by atoms with van der Waals surface area (Å²) in [7, 11) is 1.77. The van der Waals surface area contributed by atoms with Crippen molar-refractivity contribution in [1.82, 2.24) is 9.97 Å². The molecule has 2 aromatic rings. The lowest BCUT2D eigenvalue weighted by Gasteiger charge is -2.23. The van der Waals surface area contributed by atoms with Crippen molar-refractivity contribution in [3.63, 3.8) is 0 Å². The van der Waals surface area contributed by atoms with Crippen LogP contribution in [0.2, 0.25) is 5.02 Å². The summed E-state index contributed by atoms with van der Waals surface area (Å²) in [6.07, 6.45) is 1.59. The van der Waals surface area contributed by atoms with Crippen molar-refractivity contribution >= 4 is 29.1 Å². The molecule has 1 heterocycles. The Morgan fingerprint density at radius 1 is 1.15 bits per heavy atom. The molecule has 0 amide bonds. The zero-order valence-corrected chi connectivity index (χ0v) is 12.9. The van der Waals surface area contributed by atoms with E-state index in [9.17, 15) is 0 Å². The Balaban J connectivity index is 2.40. The van der Waals surface area contributed by atoms with Crippen LogP contribution in [0.1, 0.15) is 26.3 Å². The zero-order chi connectivity index (χ0) is 14.8. The number of hydrogen-bond donors (Lipinski definition) is 2. The highest BCUT2D eigenvalue weighted by Crippen LogP contribution is 2.32. The minimum atomic E-state index is 0.0366. The number of nitrogens with zero attached hydrogens (tertiary/aromatic N) is 2. The average molecular weight is 291 g/mol. The van der Waals surface area contributed by atoms with Gasteiger partial charge in [0.1, 0.15) is 5.02 Å². The van der Waals surface area contributed by atoms with Gasteiger partial charge in [-0.15, -0.1) is 0 Å². The van der Waals surface area contributed by atoms with Crippen LogP contribution in [0.4, 0.5) is 17.5 Å². The van der Waals surface area contributed by atoms with Crippen molar-refractivity contribution in [3.05, 3.63) is 41.0 Å². The zero-order valence-electron chi connectivity index (χ0n) is 12.2. The van der Waals surface area contributed by atoms with E-state index in [0.29, 0.717) is 16.8 Å². The van der Waals surface area contributed by atoms with E-state index in [1.807, 2.05) is 18.2 Å². The molecular formula is C15H19ClN4. The second kappa shape index (κ2) is 5.67. The van der Waals surface area contributed by atoms with Crippen LogP contribution < -0.4 is 10.6 Å². The molecule has 0 bridgehead atoms. The summed E-state index contributed by atoms with van der Waals surface area (Å²) >= 11 is 6.15. The van der Waals surface area contributed by atoms with E-state index in [1.165, 1.54) is 5.56 Å². The SMILES string of the molecule is CNc1ncc(Cl)c(Nc2ccccc2C(C)(C)C)n1. The third kappa shape index (κ3) is 3.20. The summed E-state index contributed by atoms with van der Waals surface area (Å²) in [6, 6.07) is 8.16. The molecule has 2 N–H and O–H groups in total. The van der Waals surface area contributed by atoms with Crippen LogP contribution >= 0.6 is 11.6 Å². The number of aromatic nitrogens is 2. The van der Waals surface area contributed by atoms with E-state index >= 15 is 0 Å². The average Bonchev–Trinajstić information content (AvgIpc) is 2.41. The van der Waals surface area contributed by atoms with E-state index in [4.69, 9.17) is 11.6 Å². The Labute approximate surface area is 124 Å². The van der Waals surface area contributed by atoms with Crippen molar-refractivity contribution in [1.29, 1.82) is 0 Å². The minimum absolute atomic E-state index is 0.0366. The number of para-hydroxylation sites is 1. The standard InChI is InChI=1S/C15H19ClN4/c1-15(2,3)10-7-5-6-8-12(10)19-13-11(16)9-18-14(17-4)20-13/h5-9H,1-4H3,(H2,17,18,19,20). The van der Waals surface area contributed by atoms with Gasteiger partial charge in [0.2, 0.25) is 5.95 Å². The van der Waals surface area contributed by atoms with Crippen LogP contribution in [-0.2, 0) is 5.41 Å². The van der Waals surface area contributed by atoms with Crippen molar-refractivity contribution in [2.75, 3.05) is 17.7 Å². The number of anilines is 3. The summed E-state index contributed by atoms with van der Waals surface area (Å²) in [5.41, 5.74) is 2.25. The predicted octanol–water partition coefficient (Wildman–Crippen LogP) is 4.21. The van der Waals surface area contributed by atoms with Crippen LogP contribution in [0.25, 0.3) is 0 Å². The number of rotatable bonds is 3. The first kappa shape index (κ1) is 14.6. The van der Waals surface area contributed by atoms with Crippen LogP contribution in [-0.4, -0.2) is 17.0 Å². The molecule has 1 aromatic carbocycles. The van der Waals surface area contributed by atoms with Gasteiger partial charge in [-0.2, -0.15) is 4.98 Å². The smallest absolute Gasteiger partial charge is 0.224 e. The lowest BCUT2D eigenvalue weighted by Crippen LogP contribution is -2.14. The fourth-order valence-electron chi connectivity index (χ4n) is 1.95. The van der Waals surface area contributed by atoms with Crippen molar-refractivity contribution in [3.8, 4) is 0 Å². The first-order valence-electron chi connectivity index (χ1n) is 6.48. The van der Waals surface area contributed by atoms with Crippen LogP contribution in [0.3, 0.4) is 0 Å². The fraction of sp³-hybridized carbons (Fsp3) is 0.333. The van der Waals surface area contributed by atoms with Gasteiger partial charge in [-0.05, 0) is 17.0 Å². The first-order valence-corrected chi connectivity index (χ1v) is 6.86. The number of hydrogen-bond acceptors (Lipinski definition) is 4. The maximum absolute atomic E-state index is 6.15. The Morgan fingerprint density at radius 2 is 1.85 bits per heavy atom. The minimum Gasteiger partial charge on any atom is -0.357 e. The molecule has 0 fully saturated rings. The van der Waals surface area contributed by atoms with E-state index in [1.54, 1.807) is 13.2 Å². The molecule has 4 nitrogen and oxygen atoms in total.